The summed E-state index contributed by atoms with van der Waals surface area (Å²) in [6.45, 7) is 10.4. The first kappa shape index (κ1) is 15.0. The van der Waals surface area contributed by atoms with E-state index in [1.165, 1.54) is 5.56 Å². The van der Waals surface area contributed by atoms with Crippen LogP contribution in [0, 0.1) is 0 Å². The lowest BCUT2D eigenvalue weighted by Gasteiger charge is -2.22. The molecule has 2 heterocycles. The van der Waals surface area contributed by atoms with E-state index in [1.54, 1.807) is 6.33 Å². The Kier molecular flexibility index (Phi) is 5.17. The summed E-state index contributed by atoms with van der Waals surface area (Å²) in [5.41, 5.74) is 1.17. The van der Waals surface area contributed by atoms with Crippen LogP contribution in [0.1, 0.15) is 52.0 Å². The Hall–Kier alpha value is -1.36. The number of anilines is 2. The number of rotatable bonds is 6. The fraction of sp³-hybridized carbons (Fsp3) is 0.733. The number of hydrogen-bond acceptors (Lipinski definition) is 5. The molecule has 1 aromatic heterocycles. The Balaban J connectivity index is 2.22. The molecule has 0 spiro atoms. The zero-order valence-electron chi connectivity index (χ0n) is 12.9. The van der Waals surface area contributed by atoms with E-state index in [4.69, 9.17) is 4.74 Å². The highest BCUT2D eigenvalue weighted by Crippen LogP contribution is 2.30. The second kappa shape index (κ2) is 6.88. The fourth-order valence-corrected chi connectivity index (χ4v) is 2.54. The van der Waals surface area contributed by atoms with Crippen molar-refractivity contribution in [3.8, 4) is 0 Å². The van der Waals surface area contributed by atoms with Crippen molar-refractivity contribution >= 4 is 11.6 Å². The van der Waals surface area contributed by atoms with E-state index in [0.717, 1.165) is 37.6 Å². The second-order valence-corrected chi connectivity index (χ2v) is 5.68. The Morgan fingerprint density at radius 3 is 2.70 bits per heavy atom. The highest BCUT2D eigenvalue weighted by molar-refractivity contribution is 5.59. The molecule has 1 aromatic rings. The van der Waals surface area contributed by atoms with Gasteiger partial charge in [-0.2, -0.15) is 0 Å². The molecule has 0 aromatic carbocycles. The summed E-state index contributed by atoms with van der Waals surface area (Å²) < 4.78 is 5.61. The van der Waals surface area contributed by atoms with Crippen LogP contribution in [0.2, 0.25) is 0 Å². The van der Waals surface area contributed by atoms with E-state index >= 15 is 0 Å². The molecule has 112 valence electrons. The molecule has 1 aliphatic heterocycles. The topological polar surface area (TPSA) is 59.1 Å². The van der Waals surface area contributed by atoms with E-state index in [1.807, 2.05) is 0 Å². The van der Waals surface area contributed by atoms with Gasteiger partial charge >= 0.3 is 0 Å². The van der Waals surface area contributed by atoms with E-state index in [9.17, 15) is 0 Å². The predicted molar refractivity (Wildman–Crippen MR) is 82.3 cm³/mol. The summed E-state index contributed by atoms with van der Waals surface area (Å²) >= 11 is 0. The van der Waals surface area contributed by atoms with Gasteiger partial charge in [0.05, 0.1) is 12.1 Å². The second-order valence-electron chi connectivity index (χ2n) is 5.68. The number of hydrogen-bond donors (Lipinski definition) is 2. The quantitative estimate of drug-likeness (QED) is 0.837. The minimum absolute atomic E-state index is 0.233. The average Bonchev–Trinajstić information content (AvgIpc) is 2.81. The predicted octanol–water partition coefficient (Wildman–Crippen LogP) is 3.01. The lowest BCUT2D eigenvalue weighted by atomic mass is 10.0. The van der Waals surface area contributed by atoms with Crippen molar-refractivity contribution in [2.45, 2.75) is 58.6 Å². The van der Waals surface area contributed by atoms with Crippen LogP contribution in [0.3, 0.4) is 0 Å². The highest BCUT2D eigenvalue weighted by atomic mass is 16.5. The fourth-order valence-electron chi connectivity index (χ4n) is 2.54. The largest absolute Gasteiger partial charge is 0.376 e. The molecular formula is C15H26N4O. The molecule has 2 N–H and O–H groups in total. The van der Waals surface area contributed by atoms with Gasteiger partial charge < -0.3 is 15.4 Å². The molecule has 5 nitrogen and oxygen atoms in total. The van der Waals surface area contributed by atoms with Gasteiger partial charge in [-0.05, 0) is 25.7 Å². The molecule has 5 heteroatoms. The maximum Gasteiger partial charge on any atom is 0.135 e. The molecule has 1 aliphatic rings. The molecule has 2 atom stereocenters. The van der Waals surface area contributed by atoms with Crippen LogP contribution in [0.25, 0.3) is 0 Å². The molecule has 0 saturated carbocycles. The van der Waals surface area contributed by atoms with Crippen LogP contribution in [-0.2, 0) is 4.74 Å². The maximum absolute atomic E-state index is 5.61. The van der Waals surface area contributed by atoms with E-state index in [2.05, 4.69) is 48.3 Å². The lowest BCUT2D eigenvalue weighted by molar-refractivity contribution is 0.121. The van der Waals surface area contributed by atoms with Crippen LogP contribution >= 0.6 is 0 Å². The minimum Gasteiger partial charge on any atom is -0.376 e. The standard InChI is InChI=1S/C15H26N4O/c1-5-7-16-14-13(10(2)3)15(18-9-17-14)19-12-6-8-20-11(12)4/h9-12H,5-8H2,1-4H3,(H2,16,17,18,19). The van der Waals surface area contributed by atoms with Crippen LogP contribution in [-0.4, -0.2) is 35.3 Å². The number of ether oxygens (including phenoxy) is 1. The summed E-state index contributed by atoms with van der Waals surface area (Å²) in [5.74, 6) is 2.26. The van der Waals surface area contributed by atoms with E-state index in [0.29, 0.717) is 12.0 Å². The van der Waals surface area contributed by atoms with Crippen LogP contribution < -0.4 is 10.6 Å². The minimum atomic E-state index is 0.233. The monoisotopic (exact) mass is 278 g/mol. The average molecular weight is 278 g/mol. The van der Waals surface area contributed by atoms with Gasteiger partial charge in [0.15, 0.2) is 0 Å². The Labute approximate surface area is 121 Å². The molecule has 0 bridgehead atoms. The maximum atomic E-state index is 5.61. The van der Waals surface area contributed by atoms with Gasteiger partial charge in [0, 0.05) is 18.7 Å². The van der Waals surface area contributed by atoms with Gasteiger partial charge in [0.2, 0.25) is 0 Å². The smallest absolute Gasteiger partial charge is 0.135 e. The van der Waals surface area contributed by atoms with Crippen molar-refractivity contribution in [3.63, 3.8) is 0 Å². The zero-order chi connectivity index (χ0) is 14.5. The number of aromatic nitrogens is 2. The van der Waals surface area contributed by atoms with Crippen molar-refractivity contribution in [1.82, 2.24) is 9.97 Å². The third kappa shape index (κ3) is 3.39. The third-order valence-corrected chi connectivity index (χ3v) is 3.70. The van der Waals surface area contributed by atoms with Crippen molar-refractivity contribution < 1.29 is 4.74 Å². The Bertz CT molecular complexity index is 436. The number of nitrogens with one attached hydrogen (secondary N) is 2. The van der Waals surface area contributed by atoms with Crippen LogP contribution in [0.5, 0.6) is 0 Å². The van der Waals surface area contributed by atoms with E-state index in [-0.39, 0.29) is 6.10 Å². The molecule has 0 radical (unpaired) electrons. The Morgan fingerprint density at radius 1 is 1.35 bits per heavy atom. The molecule has 0 aliphatic carbocycles. The van der Waals surface area contributed by atoms with Crippen molar-refractivity contribution in [2.75, 3.05) is 23.8 Å². The molecule has 20 heavy (non-hydrogen) atoms. The summed E-state index contributed by atoms with van der Waals surface area (Å²) in [4.78, 5) is 8.85. The third-order valence-electron chi connectivity index (χ3n) is 3.70. The van der Waals surface area contributed by atoms with Gasteiger partial charge in [-0.25, -0.2) is 9.97 Å². The van der Waals surface area contributed by atoms with Crippen molar-refractivity contribution in [3.05, 3.63) is 11.9 Å². The first-order valence-corrected chi connectivity index (χ1v) is 7.60. The SMILES string of the molecule is CCCNc1ncnc(NC2CCOC2C)c1C(C)C. The van der Waals surface area contributed by atoms with Crippen molar-refractivity contribution in [2.24, 2.45) is 0 Å². The van der Waals surface area contributed by atoms with E-state index < -0.39 is 0 Å². The molecular weight excluding hydrogens is 252 g/mol. The summed E-state index contributed by atoms with van der Waals surface area (Å²) in [6, 6.07) is 0.335. The van der Waals surface area contributed by atoms with Crippen LogP contribution in [0.4, 0.5) is 11.6 Å². The van der Waals surface area contributed by atoms with Gasteiger partial charge in [-0.3, -0.25) is 0 Å². The molecule has 2 unspecified atom stereocenters. The molecule has 1 saturated heterocycles. The zero-order valence-corrected chi connectivity index (χ0v) is 12.9. The normalized spacial score (nSPS) is 22.2. The van der Waals surface area contributed by atoms with Crippen molar-refractivity contribution in [1.29, 1.82) is 0 Å². The lowest BCUT2D eigenvalue weighted by Crippen LogP contribution is -2.28. The van der Waals surface area contributed by atoms with Gasteiger partial charge in [0.1, 0.15) is 18.0 Å². The molecule has 0 amide bonds. The Morgan fingerprint density at radius 2 is 2.10 bits per heavy atom. The van der Waals surface area contributed by atoms with Gasteiger partial charge in [0.25, 0.3) is 0 Å². The first-order chi connectivity index (χ1) is 9.63. The number of nitrogens with zero attached hydrogens (tertiary/aromatic N) is 2. The molecule has 1 fully saturated rings. The van der Waals surface area contributed by atoms with Gasteiger partial charge in [-0.15, -0.1) is 0 Å². The highest BCUT2D eigenvalue weighted by Gasteiger charge is 2.26. The summed E-state index contributed by atoms with van der Waals surface area (Å²) in [5, 5.41) is 6.94. The van der Waals surface area contributed by atoms with Gasteiger partial charge in [-0.1, -0.05) is 20.8 Å². The molecule has 2 rings (SSSR count). The first-order valence-electron chi connectivity index (χ1n) is 7.60. The summed E-state index contributed by atoms with van der Waals surface area (Å²) in [7, 11) is 0. The summed E-state index contributed by atoms with van der Waals surface area (Å²) in [6.07, 6.45) is 3.97. The van der Waals surface area contributed by atoms with Crippen LogP contribution in [0.15, 0.2) is 6.33 Å².